The number of para-hydroxylation sites is 2. The van der Waals surface area contributed by atoms with E-state index in [1.54, 1.807) is 67.3 Å². The van der Waals surface area contributed by atoms with E-state index in [4.69, 9.17) is 0 Å². The zero-order chi connectivity index (χ0) is 24.3. The molecule has 10 heteroatoms. The summed E-state index contributed by atoms with van der Waals surface area (Å²) in [5, 5.41) is 0. The number of aromatic nitrogens is 6. The van der Waals surface area contributed by atoms with Crippen LogP contribution in [0.25, 0.3) is 11.4 Å². The number of hydrogen-bond donors (Lipinski definition) is 0. The van der Waals surface area contributed by atoms with Gasteiger partial charge in [-0.05, 0) is 24.3 Å². The summed E-state index contributed by atoms with van der Waals surface area (Å²) in [7, 11) is 0. The van der Waals surface area contributed by atoms with E-state index < -0.39 is 0 Å². The van der Waals surface area contributed by atoms with Crippen LogP contribution in [-0.2, 0) is 0 Å². The van der Waals surface area contributed by atoms with Crippen molar-refractivity contribution in [2.24, 2.45) is 11.8 Å². The molecule has 0 N–H and O–H groups in total. The highest BCUT2D eigenvalue weighted by molar-refractivity contribution is 5.34. The molecule has 10 nitrogen and oxygen atoms in total. The average Bonchev–Trinajstić information content (AvgIpc) is 3.71. The zero-order valence-electron chi connectivity index (χ0n) is 18.9. The van der Waals surface area contributed by atoms with Crippen molar-refractivity contribution in [1.29, 1.82) is 0 Å². The highest BCUT2D eigenvalue weighted by Gasteiger charge is 2.58. The molecule has 2 aliphatic carbocycles. The van der Waals surface area contributed by atoms with Crippen molar-refractivity contribution in [3.63, 3.8) is 0 Å². The van der Waals surface area contributed by atoms with Crippen LogP contribution < -0.4 is 22.8 Å². The Morgan fingerprint density at radius 2 is 0.694 bits per heavy atom. The third-order valence-corrected chi connectivity index (χ3v) is 8.20. The van der Waals surface area contributed by atoms with Gasteiger partial charge in [0, 0.05) is 11.8 Å². The predicted molar refractivity (Wildman–Crippen MR) is 130 cm³/mol. The summed E-state index contributed by atoms with van der Waals surface area (Å²) in [6.45, 7) is 0. The van der Waals surface area contributed by atoms with E-state index in [2.05, 4.69) is 0 Å². The Labute approximate surface area is 202 Å². The highest BCUT2D eigenvalue weighted by Crippen LogP contribution is 2.57. The van der Waals surface area contributed by atoms with Crippen molar-refractivity contribution >= 4 is 0 Å². The zero-order valence-corrected chi connectivity index (χ0v) is 18.9. The number of allylic oxidation sites excluding steroid dienone is 4. The monoisotopic (exact) mass is 480 g/mol. The van der Waals surface area contributed by atoms with Gasteiger partial charge in [-0.25, -0.2) is 47.0 Å². The van der Waals surface area contributed by atoms with E-state index in [0.717, 1.165) is 0 Å². The lowest BCUT2D eigenvalue weighted by atomic mass is 9.80. The molecule has 0 amide bonds. The molecule has 2 aromatic heterocycles. The molecule has 4 aromatic rings. The van der Waals surface area contributed by atoms with Crippen LogP contribution in [0.1, 0.15) is 24.2 Å². The van der Waals surface area contributed by atoms with Gasteiger partial charge in [-0.3, -0.25) is 0 Å². The molecule has 2 aromatic carbocycles. The molecule has 178 valence electrons. The van der Waals surface area contributed by atoms with Crippen LogP contribution in [0.2, 0.25) is 0 Å². The fraction of sp³-hybridized carbons (Fsp3) is 0.231. The Bertz CT molecular complexity index is 1630. The Kier molecular flexibility index (Phi) is 3.57. The van der Waals surface area contributed by atoms with Gasteiger partial charge in [-0.15, -0.1) is 0 Å². The van der Waals surface area contributed by atoms with Gasteiger partial charge in [0.05, 0.1) is 35.5 Å². The molecule has 36 heavy (non-hydrogen) atoms. The van der Waals surface area contributed by atoms with Gasteiger partial charge >= 0.3 is 22.8 Å². The molecule has 0 fully saturated rings. The molecule has 0 radical (unpaired) electrons. The summed E-state index contributed by atoms with van der Waals surface area (Å²) in [4.78, 5) is 53.7. The van der Waals surface area contributed by atoms with Crippen LogP contribution in [-0.4, -0.2) is 27.9 Å². The molecule has 0 unspecified atom stereocenters. The summed E-state index contributed by atoms with van der Waals surface area (Å²) in [5.41, 5.74) is -0.456. The summed E-state index contributed by atoms with van der Waals surface area (Å²) >= 11 is 0. The summed E-state index contributed by atoms with van der Waals surface area (Å²) < 4.78 is 8.59. The summed E-state index contributed by atoms with van der Waals surface area (Å²) in [5.74, 6) is -0.255. The predicted octanol–water partition coefficient (Wildman–Crippen LogP) is 1.18. The van der Waals surface area contributed by atoms with Gasteiger partial charge in [-0.2, -0.15) is 0 Å². The molecular formula is C26H20N6O4. The maximum Gasteiger partial charge on any atom is 0.352 e. The molecule has 2 aliphatic heterocycles. The largest absolute Gasteiger partial charge is 0.352 e. The Balaban J connectivity index is 1.23. The molecule has 0 spiro atoms. The Morgan fingerprint density at radius 3 is 0.972 bits per heavy atom. The van der Waals surface area contributed by atoms with Gasteiger partial charge in [0.25, 0.3) is 0 Å². The fourth-order valence-corrected chi connectivity index (χ4v) is 6.88. The van der Waals surface area contributed by atoms with E-state index in [0.29, 0.717) is 11.4 Å². The minimum Gasteiger partial charge on any atom is -0.245 e. The topological polar surface area (TPSA) is 97.9 Å². The molecule has 4 bridgehead atoms. The Hall–Kier alpha value is -4.60. The van der Waals surface area contributed by atoms with Crippen molar-refractivity contribution in [2.75, 3.05) is 0 Å². The quantitative estimate of drug-likeness (QED) is 0.411. The van der Waals surface area contributed by atoms with Gasteiger partial charge in [0.15, 0.2) is 0 Å². The lowest BCUT2D eigenvalue weighted by Crippen LogP contribution is -2.36. The smallest absolute Gasteiger partial charge is 0.245 e. The van der Waals surface area contributed by atoms with Gasteiger partial charge in [0.2, 0.25) is 0 Å². The number of rotatable bonds is 3. The second kappa shape index (κ2) is 6.54. The maximum atomic E-state index is 13.4. The van der Waals surface area contributed by atoms with Gasteiger partial charge < -0.3 is 0 Å². The van der Waals surface area contributed by atoms with E-state index in [1.807, 2.05) is 36.4 Å². The number of fused-ring (bicyclic) bond motifs is 11. The van der Waals surface area contributed by atoms with Crippen molar-refractivity contribution in [3.05, 3.63) is 127 Å². The van der Waals surface area contributed by atoms with E-state index in [1.165, 1.54) is 9.13 Å². The number of benzene rings is 2. The van der Waals surface area contributed by atoms with Crippen molar-refractivity contribution < 1.29 is 0 Å². The van der Waals surface area contributed by atoms with Gasteiger partial charge in [-0.1, -0.05) is 60.7 Å². The van der Waals surface area contributed by atoms with Gasteiger partial charge in [0.1, 0.15) is 0 Å². The molecule has 8 rings (SSSR count). The third kappa shape index (κ3) is 2.13. The van der Waals surface area contributed by atoms with E-state index >= 15 is 0 Å². The minimum atomic E-state index is -0.380. The van der Waals surface area contributed by atoms with Crippen LogP contribution in [0, 0.1) is 11.8 Å². The minimum absolute atomic E-state index is 0.128. The van der Waals surface area contributed by atoms with Crippen LogP contribution in [0.5, 0.6) is 0 Å². The van der Waals surface area contributed by atoms with Crippen LogP contribution >= 0.6 is 0 Å². The third-order valence-electron chi connectivity index (χ3n) is 8.20. The maximum absolute atomic E-state index is 13.4. The molecule has 4 aliphatic rings. The number of hydrogen-bond acceptors (Lipinski definition) is 4. The summed E-state index contributed by atoms with van der Waals surface area (Å²) in [6, 6.07) is 16.5. The van der Waals surface area contributed by atoms with E-state index in [9.17, 15) is 19.2 Å². The molecule has 4 atom stereocenters. The normalized spacial score (nSPS) is 28.2. The number of nitrogens with zero attached hydrogens (tertiary/aromatic N) is 6. The first kappa shape index (κ1) is 19.7. The summed E-state index contributed by atoms with van der Waals surface area (Å²) in [6.07, 6.45) is 7.90. The Morgan fingerprint density at radius 1 is 0.417 bits per heavy atom. The second-order valence-corrected chi connectivity index (χ2v) is 9.74. The van der Waals surface area contributed by atoms with Crippen LogP contribution in [0.3, 0.4) is 0 Å². The van der Waals surface area contributed by atoms with Crippen LogP contribution in [0.4, 0.5) is 0 Å². The SMILES string of the molecule is O=c1n(-c2ccccc2)c(=O)n2n1[C@@H]1C=C[C@@H]2C1C1[C@@H]2C=C[C@@H]1n1c(=O)n(-c3ccccc3)c(=O)n12. The lowest BCUT2D eigenvalue weighted by Gasteiger charge is -2.25. The first-order valence-electron chi connectivity index (χ1n) is 12.0. The fourth-order valence-electron chi connectivity index (χ4n) is 6.88. The van der Waals surface area contributed by atoms with Crippen molar-refractivity contribution in [2.45, 2.75) is 24.2 Å². The highest BCUT2D eigenvalue weighted by atomic mass is 16.2. The molecule has 0 saturated heterocycles. The standard InChI is InChI=1S/C26H20N6O4/c33-23-27(15-7-3-1-4-8-15)24(34)30-18-12-11-17(29(23)30)21(18)22-19-13-14-20(22)32-26(36)28(25(35)31(19)32)16-9-5-2-6-10-16/h1-14,17-22H/t17-,18-,19+,20+. The molecule has 0 saturated carbocycles. The van der Waals surface area contributed by atoms with Crippen molar-refractivity contribution in [1.82, 2.24) is 27.9 Å². The lowest BCUT2D eigenvalue weighted by molar-refractivity contribution is 0.242. The van der Waals surface area contributed by atoms with Crippen molar-refractivity contribution in [3.8, 4) is 11.4 Å². The molecule has 4 heterocycles. The van der Waals surface area contributed by atoms with Crippen LogP contribution in [0.15, 0.2) is 104 Å². The molecular weight excluding hydrogens is 460 g/mol. The first-order valence-corrected chi connectivity index (χ1v) is 12.0. The second-order valence-electron chi connectivity index (χ2n) is 9.74. The van der Waals surface area contributed by atoms with E-state index in [-0.39, 0.29) is 58.8 Å². The average molecular weight is 480 g/mol. The first-order chi connectivity index (χ1) is 17.6.